The summed E-state index contributed by atoms with van der Waals surface area (Å²) in [5.41, 5.74) is 1.46. The van der Waals surface area contributed by atoms with Gasteiger partial charge in [0.1, 0.15) is 17.6 Å². The summed E-state index contributed by atoms with van der Waals surface area (Å²) in [4.78, 5) is 26.4. The molecule has 9 heteroatoms. The van der Waals surface area contributed by atoms with Crippen molar-refractivity contribution < 1.29 is 9.53 Å². The second-order valence-electron chi connectivity index (χ2n) is 6.95. The minimum atomic E-state index is 0.135. The van der Waals surface area contributed by atoms with Crippen LogP contribution in [0.4, 0.5) is 10.9 Å². The number of ether oxygens (including phenoxy) is 1. The van der Waals surface area contributed by atoms with Crippen LogP contribution < -0.4 is 10.1 Å². The standard InChI is InChI=1S/C21H20N6O2S/c1-14(28)27-8-4-15(5-9-27)18-13-30-21(25-18)26-20-10-17(3-7-24-20)29-19-12-23-6-2-16(19)11-22/h2-3,6-7,10,12-13,15H,4-5,8-9H2,1H3,(H,24,25,26). The fraction of sp³-hybridized carbons (Fsp3) is 0.286. The molecule has 1 aliphatic heterocycles. The zero-order valence-electron chi connectivity index (χ0n) is 16.4. The molecule has 4 rings (SSSR count). The molecule has 0 radical (unpaired) electrons. The van der Waals surface area contributed by atoms with Crippen molar-refractivity contribution in [1.82, 2.24) is 19.9 Å². The highest BCUT2D eigenvalue weighted by molar-refractivity contribution is 7.13. The van der Waals surface area contributed by atoms with Crippen molar-refractivity contribution in [2.75, 3.05) is 18.4 Å². The first-order valence-electron chi connectivity index (χ1n) is 9.58. The van der Waals surface area contributed by atoms with Crippen molar-refractivity contribution >= 4 is 28.2 Å². The minimum absolute atomic E-state index is 0.135. The number of piperidine rings is 1. The number of pyridine rings is 2. The number of anilines is 2. The zero-order chi connectivity index (χ0) is 20.9. The van der Waals surface area contributed by atoms with Gasteiger partial charge in [-0.2, -0.15) is 5.26 Å². The highest BCUT2D eigenvalue weighted by Gasteiger charge is 2.23. The van der Waals surface area contributed by atoms with Crippen molar-refractivity contribution in [3.8, 4) is 17.6 Å². The summed E-state index contributed by atoms with van der Waals surface area (Å²) in [7, 11) is 0. The van der Waals surface area contributed by atoms with Crippen LogP contribution in [-0.2, 0) is 4.79 Å². The van der Waals surface area contributed by atoms with Gasteiger partial charge in [-0.25, -0.2) is 9.97 Å². The molecule has 1 N–H and O–H groups in total. The van der Waals surface area contributed by atoms with Crippen LogP contribution in [0.5, 0.6) is 11.5 Å². The highest BCUT2D eigenvalue weighted by atomic mass is 32.1. The van der Waals surface area contributed by atoms with Gasteiger partial charge in [-0.05, 0) is 25.0 Å². The largest absolute Gasteiger partial charge is 0.454 e. The van der Waals surface area contributed by atoms with Crippen LogP contribution in [0.15, 0.2) is 42.2 Å². The summed E-state index contributed by atoms with van der Waals surface area (Å²) in [6, 6.07) is 7.16. The first kappa shape index (κ1) is 19.8. The van der Waals surface area contributed by atoms with Crippen LogP contribution in [-0.4, -0.2) is 38.8 Å². The number of rotatable bonds is 5. The number of hydrogen-bond acceptors (Lipinski definition) is 8. The topological polar surface area (TPSA) is 104 Å². The molecule has 1 fully saturated rings. The van der Waals surface area contributed by atoms with Crippen LogP contribution >= 0.6 is 11.3 Å². The lowest BCUT2D eigenvalue weighted by atomic mass is 9.94. The van der Waals surface area contributed by atoms with E-state index in [2.05, 4.69) is 26.7 Å². The van der Waals surface area contributed by atoms with Crippen molar-refractivity contribution in [2.45, 2.75) is 25.7 Å². The number of nitrogens with zero attached hydrogens (tertiary/aromatic N) is 5. The fourth-order valence-corrected chi connectivity index (χ4v) is 4.15. The van der Waals surface area contributed by atoms with Gasteiger partial charge in [-0.15, -0.1) is 11.3 Å². The maximum absolute atomic E-state index is 11.5. The molecule has 0 atom stereocenters. The van der Waals surface area contributed by atoms with Gasteiger partial charge in [0, 0.05) is 49.8 Å². The Hall–Kier alpha value is -3.51. The molecule has 1 amide bonds. The monoisotopic (exact) mass is 420 g/mol. The molecular weight excluding hydrogens is 400 g/mol. The van der Waals surface area contributed by atoms with E-state index < -0.39 is 0 Å². The fourth-order valence-electron chi connectivity index (χ4n) is 3.35. The molecular formula is C21H20N6O2S. The molecule has 30 heavy (non-hydrogen) atoms. The van der Waals surface area contributed by atoms with E-state index in [1.165, 1.54) is 17.5 Å². The number of hydrogen-bond donors (Lipinski definition) is 1. The summed E-state index contributed by atoms with van der Waals surface area (Å²) in [5.74, 6) is 2.04. The number of aromatic nitrogens is 3. The van der Waals surface area contributed by atoms with E-state index in [4.69, 9.17) is 9.72 Å². The molecule has 8 nitrogen and oxygen atoms in total. The third-order valence-electron chi connectivity index (χ3n) is 4.98. The first-order valence-corrected chi connectivity index (χ1v) is 10.5. The number of thiazole rings is 1. The smallest absolute Gasteiger partial charge is 0.219 e. The Balaban J connectivity index is 1.41. The lowest BCUT2D eigenvalue weighted by molar-refractivity contribution is -0.129. The van der Waals surface area contributed by atoms with Gasteiger partial charge >= 0.3 is 0 Å². The second kappa shape index (κ2) is 8.88. The van der Waals surface area contributed by atoms with Crippen LogP contribution in [0, 0.1) is 11.3 Å². The van der Waals surface area contributed by atoms with Crippen molar-refractivity contribution in [3.63, 3.8) is 0 Å². The van der Waals surface area contributed by atoms with Crippen LogP contribution in [0.2, 0.25) is 0 Å². The van der Waals surface area contributed by atoms with Gasteiger partial charge < -0.3 is 15.0 Å². The van der Waals surface area contributed by atoms with E-state index in [-0.39, 0.29) is 5.91 Å². The van der Waals surface area contributed by atoms with Gasteiger partial charge in [0.15, 0.2) is 10.9 Å². The summed E-state index contributed by atoms with van der Waals surface area (Å²) in [5, 5.41) is 15.2. The van der Waals surface area contributed by atoms with E-state index >= 15 is 0 Å². The Morgan fingerprint density at radius 2 is 2.17 bits per heavy atom. The Labute approximate surface area is 178 Å². The van der Waals surface area contributed by atoms with Crippen molar-refractivity contribution in [2.24, 2.45) is 0 Å². The van der Waals surface area contributed by atoms with Gasteiger partial charge in [0.2, 0.25) is 5.91 Å². The average Bonchev–Trinajstić information content (AvgIpc) is 3.23. The molecule has 0 aliphatic carbocycles. The molecule has 152 valence electrons. The zero-order valence-corrected chi connectivity index (χ0v) is 17.2. The van der Waals surface area contributed by atoms with E-state index in [9.17, 15) is 10.1 Å². The Kier molecular flexibility index (Phi) is 5.86. The van der Waals surface area contributed by atoms with Crippen molar-refractivity contribution in [3.05, 3.63) is 53.4 Å². The average molecular weight is 420 g/mol. The van der Waals surface area contributed by atoms with Crippen LogP contribution in [0.25, 0.3) is 0 Å². The predicted octanol–water partition coefficient (Wildman–Crippen LogP) is 4.07. The lowest BCUT2D eigenvalue weighted by Gasteiger charge is -2.30. The quantitative estimate of drug-likeness (QED) is 0.663. The summed E-state index contributed by atoms with van der Waals surface area (Å²) >= 11 is 1.52. The van der Waals surface area contributed by atoms with E-state index in [1.807, 2.05) is 4.90 Å². The third-order valence-corrected chi connectivity index (χ3v) is 5.76. The first-order chi connectivity index (χ1) is 14.6. The molecule has 0 bridgehead atoms. The number of amides is 1. The van der Waals surface area contributed by atoms with Crippen LogP contribution in [0.1, 0.15) is 36.9 Å². The number of carbonyl (C=O) groups excluding carboxylic acids is 1. The molecule has 0 aromatic carbocycles. The van der Waals surface area contributed by atoms with Crippen molar-refractivity contribution in [1.29, 1.82) is 5.26 Å². The Bertz CT molecular complexity index is 1080. The molecule has 4 heterocycles. The molecule has 0 unspecified atom stereocenters. The maximum atomic E-state index is 11.5. The predicted molar refractivity (Wildman–Crippen MR) is 113 cm³/mol. The molecule has 3 aromatic heterocycles. The number of nitriles is 1. The maximum Gasteiger partial charge on any atom is 0.219 e. The number of likely N-dealkylation sites (tertiary alicyclic amines) is 1. The van der Waals surface area contributed by atoms with E-state index in [1.54, 1.807) is 37.5 Å². The molecule has 0 spiro atoms. The summed E-state index contributed by atoms with van der Waals surface area (Å²) < 4.78 is 5.79. The van der Waals surface area contributed by atoms with Gasteiger partial charge in [-0.3, -0.25) is 9.78 Å². The van der Waals surface area contributed by atoms with Gasteiger partial charge in [-0.1, -0.05) is 0 Å². The Morgan fingerprint density at radius 1 is 1.33 bits per heavy atom. The highest BCUT2D eigenvalue weighted by Crippen LogP contribution is 2.32. The summed E-state index contributed by atoms with van der Waals surface area (Å²) in [6.45, 7) is 3.17. The molecule has 3 aromatic rings. The van der Waals surface area contributed by atoms with E-state index in [0.717, 1.165) is 36.8 Å². The van der Waals surface area contributed by atoms with Gasteiger partial charge in [0.05, 0.1) is 17.5 Å². The minimum Gasteiger partial charge on any atom is -0.454 e. The molecule has 1 saturated heterocycles. The number of nitrogens with one attached hydrogen (secondary N) is 1. The van der Waals surface area contributed by atoms with E-state index in [0.29, 0.717) is 28.8 Å². The normalized spacial score (nSPS) is 14.2. The molecule has 1 aliphatic rings. The SMILES string of the molecule is CC(=O)N1CCC(c2csc(Nc3cc(Oc4cnccc4C#N)ccn3)n2)CC1. The lowest BCUT2D eigenvalue weighted by Crippen LogP contribution is -2.36. The Morgan fingerprint density at radius 3 is 2.93 bits per heavy atom. The molecule has 0 saturated carbocycles. The third kappa shape index (κ3) is 4.55. The number of carbonyl (C=O) groups is 1. The second-order valence-corrected chi connectivity index (χ2v) is 7.80. The summed E-state index contributed by atoms with van der Waals surface area (Å²) in [6.07, 6.45) is 6.55. The van der Waals surface area contributed by atoms with Gasteiger partial charge in [0.25, 0.3) is 0 Å². The van der Waals surface area contributed by atoms with Crippen LogP contribution in [0.3, 0.4) is 0 Å².